The minimum absolute atomic E-state index is 0.0466. The molecule has 0 saturated carbocycles. The van der Waals surface area contributed by atoms with Gasteiger partial charge < -0.3 is 34.4 Å². The van der Waals surface area contributed by atoms with Crippen molar-refractivity contribution < 1.29 is 34.2 Å². The minimum Gasteiger partial charge on any atom is -0.480 e. The van der Waals surface area contributed by atoms with E-state index < -0.39 is 48.9 Å². The molecule has 0 aliphatic carbocycles. The molecular weight excluding hydrogens is 395 g/mol. The molecule has 0 bridgehead atoms. The van der Waals surface area contributed by atoms with Gasteiger partial charge in [0.2, 0.25) is 5.95 Å². The fourth-order valence-corrected chi connectivity index (χ4v) is 3.30. The molecule has 11 nitrogen and oxygen atoms in total. The highest BCUT2D eigenvalue weighted by molar-refractivity contribution is 6.61. The van der Waals surface area contributed by atoms with Crippen molar-refractivity contribution >= 4 is 30.4 Å². The molecule has 30 heavy (non-hydrogen) atoms. The smallest absolute Gasteiger partial charge is 0.480 e. The van der Waals surface area contributed by atoms with Crippen LogP contribution in [0.1, 0.15) is 27.7 Å². The van der Waals surface area contributed by atoms with Crippen LogP contribution in [0.15, 0.2) is 12.4 Å². The molecule has 1 aromatic heterocycles. The number of piperazine rings is 1. The van der Waals surface area contributed by atoms with Crippen LogP contribution in [0.25, 0.3) is 0 Å². The van der Waals surface area contributed by atoms with Gasteiger partial charge in [0.15, 0.2) is 6.10 Å². The lowest BCUT2D eigenvalue weighted by Crippen LogP contribution is -2.60. The van der Waals surface area contributed by atoms with Gasteiger partial charge in [-0.3, -0.25) is 4.79 Å². The van der Waals surface area contributed by atoms with Crippen molar-refractivity contribution in [2.45, 2.75) is 51.0 Å². The number of carbonyl (C=O) groups excluding carboxylic acids is 1. The zero-order valence-electron chi connectivity index (χ0n) is 17.5. The van der Waals surface area contributed by atoms with Crippen LogP contribution in [-0.2, 0) is 18.9 Å². The molecule has 2 fully saturated rings. The van der Waals surface area contributed by atoms with Gasteiger partial charge in [-0.1, -0.05) is 0 Å². The van der Waals surface area contributed by atoms with E-state index >= 15 is 0 Å². The number of hydrogen-bond donors (Lipinski definition) is 3. The number of aliphatic hydroxyl groups excluding tert-OH is 2. The fraction of sp³-hybridized carbons (Fsp3) is 0.667. The highest BCUT2D eigenvalue weighted by Gasteiger charge is 2.52. The first kappa shape index (κ1) is 22.4. The Labute approximate surface area is 174 Å². The van der Waals surface area contributed by atoms with E-state index in [9.17, 15) is 19.8 Å². The quantitative estimate of drug-likeness (QED) is 0.466. The Morgan fingerprint density at radius 3 is 2.27 bits per heavy atom. The van der Waals surface area contributed by atoms with Crippen molar-refractivity contribution in [3.63, 3.8) is 0 Å². The van der Waals surface area contributed by atoms with Gasteiger partial charge in [0, 0.05) is 30.9 Å². The number of aromatic nitrogens is 2. The number of rotatable bonds is 5. The Balaban J connectivity index is 1.72. The third-order valence-electron chi connectivity index (χ3n) is 5.87. The number of hydrogen-bond acceptors (Lipinski definition) is 9. The van der Waals surface area contributed by atoms with Crippen LogP contribution >= 0.6 is 0 Å². The number of anilines is 1. The van der Waals surface area contributed by atoms with Crippen LogP contribution in [-0.4, -0.2) is 98.8 Å². The van der Waals surface area contributed by atoms with E-state index in [1.54, 1.807) is 17.3 Å². The summed E-state index contributed by atoms with van der Waals surface area (Å²) in [6, 6.07) is -1.20. The number of carboxylic acids is 1. The summed E-state index contributed by atoms with van der Waals surface area (Å²) in [7, 11) is -0.606. The Morgan fingerprint density at radius 2 is 1.77 bits per heavy atom. The third kappa shape index (κ3) is 4.13. The fourth-order valence-electron chi connectivity index (χ4n) is 3.30. The van der Waals surface area contributed by atoms with E-state index in [0.717, 1.165) is 4.90 Å². The second-order valence-corrected chi connectivity index (χ2v) is 8.43. The molecule has 2 aliphatic heterocycles. The normalized spacial score (nSPS) is 24.1. The summed E-state index contributed by atoms with van der Waals surface area (Å²) in [5, 5.41) is 28.1. The average molecular weight is 422 g/mol. The molecule has 12 heteroatoms. The Hall–Kier alpha value is -2.28. The van der Waals surface area contributed by atoms with E-state index in [1.165, 1.54) is 0 Å². The highest BCUT2D eigenvalue weighted by atomic mass is 16.7. The molecule has 1 aromatic rings. The van der Waals surface area contributed by atoms with Crippen molar-refractivity contribution in [1.29, 1.82) is 0 Å². The van der Waals surface area contributed by atoms with Crippen molar-refractivity contribution in [2.75, 3.05) is 31.1 Å². The Bertz CT molecular complexity index is 788. The van der Waals surface area contributed by atoms with Gasteiger partial charge in [0.1, 0.15) is 6.04 Å². The molecule has 3 rings (SSSR count). The first-order chi connectivity index (χ1) is 14.0. The van der Waals surface area contributed by atoms with Gasteiger partial charge in [0.05, 0.1) is 24.4 Å². The molecule has 2 atom stereocenters. The molecule has 2 aliphatic rings. The molecule has 2 saturated heterocycles. The van der Waals surface area contributed by atoms with Gasteiger partial charge in [-0.25, -0.2) is 14.8 Å². The van der Waals surface area contributed by atoms with Crippen molar-refractivity contribution in [2.24, 2.45) is 0 Å². The maximum atomic E-state index is 12.2. The zero-order chi connectivity index (χ0) is 22.3. The maximum Gasteiger partial charge on any atom is 0.498 e. The van der Waals surface area contributed by atoms with Gasteiger partial charge in [0.25, 0.3) is 5.91 Å². The minimum atomic E-state index is -1.64. The van der Waals surface area contributed by atoms with Crippen LogP contribution in [0, 0.1) is 0 Å². The zero-order valence-corrected chi connectivity index (χ0v) is 17.5. The summed E-state index contributed by atoms with van der Waals surface area (Å²) < 4.78 is 12.0. The monoisotopic (exact) mass is 422 g/mol. The second-order valence-electron chi connectivity index (χ2n) is 8.43. The predicted octanol–water partition coefficient (Wildman–Crippen LogP) is -1.77. The summed E-state index contributed by atoms with van der Waals surface area (Å²) >= 11 is 0. The number of aliphatic carboxylic acids is 1. The van der Waals surface area contributed by atoms with Crippen LogP contribution in [0.5, 0.6) is 0 Å². The Kier molecular flexibility index (Phi) is 6.05. The average Bonchev–Trinajstić information content (AvgIpc) is 2.93. The van der Waals surface area contributed by atoms with Gasteiger partial charge in [-0.05, 0) is 27.7 Å². The summed E-state index contributed by atoms with van der Waals surface area (Å²) in [6.07, 6.45) is 1.51. The van der Waals surface area contributed by atoms with Crippen LogP contribution in [0.4, 0.5) is 5.95 Å². The van der Waals surface area contributed by atoms with Crippen LogP contribution < -0.4 is 10.4 Å². The lowest BCUT2D eigenvalue weighted by atomic mass is 9.81. The number of amides is 1. The lowest BCUT2D eigenvalue weighted by molar-refractivity contribution is -0.155. The topological polar surface area (TPSA) is 146 Å². The van der Waals surface area contributed by atoms with E-state index in [2.05, 4.69) is 9.97 Å². The summed E-state index contributed by atoms with van der Waals surface area (Å²) in [4.78, 5) is 35.2. The number of carboxylic acid groups (broad SMARTS) is 1. The van der Waals surface area contributed by atoms with Crippen LogP contribution in [0.2, 0.25) is 0 Å². The molecule has 1 amide bonds. The molecule has 0 aromatic carbocycles. The third-order valence-corrected chi connectivity index (χ3v) is 5.87. The summed E-state index contributed by atoms with van der Waals surface area (Å²) in [5.41, 5.74) is -0.341. The molecule has 3 N–H and O–H groups in total. The standard InChI is InChI=1S/C18H27BN4O7/c1-17(2)18(3,4)30-19(29-17)11-7-20-16(21-8-11)22-5-6-23(12(9-22)15(27)28)14(26)13(25)10-24/h7-8,12-13,24-25H,5-6,9-10H2,1-4H3,(H,27,28)/t12-,13+/m0/s1. The van der Waals surface area contributed by atoms with Gasteiger partial charge >= 0.3 is 13.1 Å². The largest absolute Gasteiger partial charge is 0.498 e. The molecule has 164 valence electrons. The van der Waals surface area contributed by atoms with Crippen LogP contribution in [0.3, 0.4) is 0 Å². The molecule has 0 spiro atoms. The summed E-state index contributed by atoms with van der Waals surface area (Å²) in [6.45, 7) is 7.31. The van der Waals surface area contributed by atoms with E-state index in [-0.39, 0.29) is 19.6 Å². The summed E-state index contributed by atoms with van der Waals surface area (Å²) in [5.74, 6) is -1.72. The molecule has 0 radical (unpaired) electrons. The first-order valence-electron chi connectivity index (χ1n) is 9.71. The molecule has 0 unspecified atom stereocenters. The van der Waals surface area contributed by atoms with Crippen molar-refractivity contribution in [3.05, 3.63) is 12.4 Å². The second kappa shape index (κ2) is 8.10. The van der Waals surface area contributed by atoms with E-state index in [1.807, 2.05) is 27.7 Å². The Morgan fingerprint density at radius 1 is 1.20 bits per heavy atom. The van der Waals surface area contributed by atoms with Gasteiger partial charge in [-0.2, -0.15) is 0 Å². The van der Waals surface area contributed by atoms with E-state index in [4.69, 9.17) is 14.4 Å². The molecule has 3 heterocycles. The van der Waals surface area contributed by atoms with Crippen molar-refractivity contribution in [3.8, 4) is 0 Å². The van der Waals surface area contributed by atoms with Crippen molar-refractivity contribution in [1.82, 2.24) is 14.9 Å². The van der Waals surface area contributed by atoms with E-state index in [0.29, 0.717) is 11.4 Å². The number of carbonyl (C=O) groups is 2. The molecular formula is C18H27BN4O7. The first-order valence-corrected chi connectivity index (χ1v) is 9.71. The lowest BCUT2D eigenvalue weighted by Gasteiger charge is -2.39. The highest BCUT2D eigenvalue weighted by Crippen LogP contribution is 2.36. The predicted molar refractivity (Wildman–Crippen MR) is 106 cm³/mol. The van der Waals surface area contributed by atoms with Gasteiger partial charge in [-0.15, -0.1) is 0 Å². The maximum absolute atomic E-state index is 12.2. The number of nitrogens with zero attached hydrogens (tertiary/aromatic N) is 4. The number of aliphatic hydroxyl groups is 2. The SMILES string of the molecule is CC1(C)OB(c2cnc(N3CCN(C(=O)[C@H](O)CO)[C@H](C(=O)O)C3)nc2)OC1(C)C.